The Morgan fingerprint density at radius 1 is 1.12 bits per heavy atom. The zero-order valence-electron chi connectivity index (χ0n) is 23.7. The van der Waals surface area contributed by atoms with Crippen LogP contribution >= 0.6 is 0 Å². The van der Waals surface area contributed by atoms with Crippen molar-refractivity contribution in [1.82, 2.24) is 8.61 Å². The number of rotatable bonds is 7. The van der Waals surface area contributed by atoms with Crippen LogP contribution in [0.2, 0.25) is 0 Å². The lowest BCUT2D eigenvalue weighted by Gasteiger charge is -2.37. The fourth-order valence-electron chi connectivity index (χ4n) is 4.54. The van der Waals surface area contributed by atoms with Gasteiger partial charge in [0, 0.05) is 36.7 Å². The molecule has 3 atom stereocenters. The van der Waals surface area contributed by atoms with E-state index in [1.54, 1.807) is 45.2 Å². The van der Waals surface area contributed by atoms with Gasteiger partial charge in [-0.1, -0.05) is 37.0 Å². The molecule has 42 heavy (non-hydrogen) atoms. The van der Waals surface area contributed by atoms with Gasteiger partial charge in [0.05, 0.1) is 20.3 Å². The van der Waals surface area contributed by atoms with Gasteiger partial charge in [0.2, 0.25) is 20.0 Å². The molecule has 0 spiro atoms. The summed E-state index contributed by atoms with van der Waals surface area (Å²) in [5.41, 5.74) is 1.15. The van der Waals surface area contributed by atoms with E-state index >= 15 is 0 Å². The fraction of sp³-hybridized carbons (Fsp3) is 0.333. The van der Waals surface area contributed by atoms with E-state index < -0.39 is 55.4 Å². The highest BCUT2D eigenvalue weighted by molar-refractivity contribution is 7.89. The monoisotopic (exact) mass is 616 g/mol. The Morgan fingerprint density at radius 3 is 2.48 bits per heavy atom. The SMILES string of the molecule is COc1cccc(C#Cc2ccc3c(c2)O[C@H](CN(C)S(=O)(=O)c2ccccc2F)[C@@H](C)CN([C@@H](C)CO)S3(=O)=O)c1. The van der Waals surface area contributed by atoms with Crippen LogP contribution in [0.15, 0.2) is 76.5 Å². The Morgan fingerprint density at radius 2 is 1.81 bits per heavy atom. The molecule has 1 heterocycles. The lowest BCUT2D eigenvalue weighted by molar-refractivity contribution is 0.0904. The maximum atomic E-state index is 14.4. The fourth-order valence-corrected chi connectivity index (χ4v) is 7.61. The minimum absolute atomic E-state index is 0.00387. The van der Waals surface area contributed by atoms with Crippen LogP contribution in [-0.4, -0.2) is 76.6 Å². The molecular formula is C30H33FN2O7S2. The summed E-state index contributed by atoms with van der Waals surface area (Å²) < 4.78 is 82.0. The summed E-state index contributed by atoms with van der Waals surface area (Å²) in [5, 5.41) is 9.86. The molecule has 3 aromatic carbocycles. The minimum atomic E-state index is -4.23. The summed E-state index contributed by atoms with van der Waals surface area (Å²) in [4.78, 5) is -0.606. The van der Waals surface area contributed by atoms with Gasteiger partial charge >= 0.3 is 0 Å². The van der Waals surface area contributed by atoms with E-state index in [4.69, 9.17) is 9.47 Å². The quantitative estimate of drug-likeness (QED) is 0.405. The molecule has 0 aliphatic carbocycles. The summed E-state index contributed by atoms with van der Waals surface area (Å²) in [6, 6.07) is 15.9. The number of likely N-dealkylation sites (N-methyl/N-ethyl adjacent to an activating group) is 1. The van der Waals surface area contributed by atoms with Crippen LogP contribution in [0.1, 0.15) is 25.0 Å². The van der Waals surface area contributed by atoms with Crippen LogP contribution in [0.4, 0.5) is 4.39 Å². The standard InChI is InChI=1S/C30H33FN2O7S2/c1-21-18-33(22(2)20-34)42(37,38)30-15-14-24(13-12-23-8-7-9-25(16-23)39-4)17-27(30)40-28(21)19-32(3)41(35,36)29-11-6-5-10-26(29)31/h5-11,14-17,21-22,28,34H,18-20H2,1-4H3/t21-,22-,28+/m0/s1. The summed E-state index contributed by atoms with van der Waals surface area (Å²) in [5.74, 6) is 5.26. The predicted molar refractivity (Wildman–Crippen MR) is 156 cm³/mol. The van der Waals surface area contributed by atoms with Gasteiger partial charge in [-0.25, -0.2) is 21.2 Å². The van der Waals surface area contributed by atoms with Crippen molar-refractivity contribution in [2.75, 3.05) is 33.9 Å². The molecule has 0 fully saturated rings. The van der Waals surface area contributed by atoms with Crippen molar-refractivity contribution in [3.05, 3.63) is 83.7 Å². The maximum absolute atomic E-state index is 14.4. The molecule has 9 nitrogen and oxygen atoms in total. The minimum Gasteiger partial charge on any atom is -0.497 e. The zero-order chi connectivity index (χ0) is 30.7. The number of benzene rings is 3. The van der Waals surface area contributed by atoms with Crippen LogP contribution in [0.5, 0.6) is 11.5 Å². The Hall–Kier alpha value is -3.47. The molecule has 0 saturated heterocycles. The highest BCUT2D eigenvalue weighted by Crippen LogP contribution is 2.34. The van der Waals surface area contributed by atoms with Gasteiger partial charge in [-0.05, 0) is 55.5 Å². The Labute approximate surface area is 246 Å². The topological polar surface area (TPSA) is 113 Å². The van der Waals surface area contributed by atoms with Gasteiger partial charge in [-0.15, -0.1) is 0 Å². The van der Waals surface area contributed by atoms with E-state index in [-0.39, 0.29) is 23.7 Å². The Balaban J connectivity index is 1.75. The number of ether oxygens (including phenoxy) is 2. The molecule has 1 N–H and O–H groups in total. The molecular weight excluding hydrogens is 583 g/mol. The van der Waals surface area contributed by atoms with Gasteiger partial charge in [0.25, 0.3) is 0 Å². The number of aliphatic hydroxyl groups is 1. The predicted octanol–water partition coefficient (Wildman–Crippen LogP) is 3.32. The molecule has 1 aliphatic rings. The zero-order valence-corrected chi connectivity index (χ0v) is 25.3. The normalized spacial score (nSPS) is 19.4. The van der Waals surface area contributed by atoms with E-state index in [1.807, 2.05) is 6.07 Å². The molecule has 4 rings (SSSR count). The first-order valence-corrected chi connectivity index (χ1v) is 16.1. The third-order valence-corrected chi connectivity index (χ3v) is 10.9. The summed E-state index contributed by atoms with van der Waals surface area (Å²) in [7, 11) is -5.46. The third-order valence-electron chi connectivity index (χ3n) is 7.05. The number of sulfonamides is 2. The first-order chi connectivity index (χ1) is 19.9. The lowest BCUT2D eigenvalue weighted by Crippen LogP contribution is -2.50. The van der Waals surface area contributed by atoms with Crippen molar-refractivity contribution < 1.29 is 35.8 Å². The van der Waals surface area contributed by atoms with Gasteiger partial charge in [-0.2, -0.15) is 8.61 Å². The molecule has 0 bridgehead atoms. The van der Waals surface area contributed by atoms with Gasteiger partial charge in [0.1, 0.15) is 33.2 Å². The molecule has 0 saturated carbocycles. The second-order valence-corrected chi connectivity index (χ2v) is 14.0. The van der Waals surface area contributed by atoms with Crippen LogP contribution < -0.4 is 9.47 Å². The van der Waals surface area contributed by atoms with Crippen LogP contribution in [0, 0.1) is 23.6 Å². The van der Waals surface area contributed by atoms with Crippen LogP contribution in [0.25, 0.3) is 0 Å². The molecule has 0 radical (unpaired) electrons. The number of methoxy groups -OCH3 is 1. The molecule has 12 heteroatoms. The number of hydrogen-bond acceptors (Lipinski definition) is 7. The number of fused-ring (bicyclic) bond motifs is 1. The van der Waals surface area contributed by atoms with E-state index in [9.17, 15) is 26.3 Å². The highest BCUT2D eigenvalue weighted by Gasteiger charge is 2.39. The van der Waals surface area contributed by atoms with Crippen molar-refractivity contribution in [1.29, 1.82) is 0 Å². The molecule has 0 unspecified atom stereocenters. The second-order valence-electron chi connectivity index (χ2n) is 10.1. The van der Waals surface area contributed by atoms with Crippen molar-refractivity contribution in [3.63, 3.8) is 0 Å². The number of hydrogen-bond donors (Lipinski definition) is 1. The van der Waals surface area contributed by atoms with Crippen molar-refractivity contribution in [2.24, 2.45) is 5.92 Å². The molecule has 3 aromatic rings. The van der Waals surface area contributed by atoms with Crippen LogP contribution in [0.3, 0.4) is 0 Å². The highest BCUT2D eigenvalue weighted by atomic mass is 32.2. The van der Waals surface area contributed by atoms with E-state index in [2.05, 4.69) is 11.8 Å². The number of halogens is 1. The van der Waals surface area contributed by atoms with Gasteiger partial charge < -0.3 is 14.6 Å². The van der Waals surface area contributed by atoms with Crippen LogP contribution in [-0.2, 0) is 20.0 Å². The first kappa shape index (κ1) is 31.5. The van der Waals surface area contributed by atoms with E-state index in [0.29, 0.717) is 16.9 Å². The summed E-state index contributed by atoms with van der Waals surface area (Å²) >= 11 is 0. The van der Waals surface area contributed by atoms with Crippen molar-refractivity contribution in [3.8, 4) is 23.3 Å². The van der Waals surface area contributed by atoms with Gasteiger partial charge in [-0.3, -0.25) is 0 Å². The maximum Gasteiger partial charge on any atom is 0.247 e. The average Bonchev–Trinajstić information content (AvgIpc) is 2.97. The number of nitrogens with zero attached hydrogens (tertiary/aromatic N) is 2. The van der Waals surface area contributed by atoms with Crippen molar-refractivity contribution >= 4 is 20.0 Å². The van der Waals surface area contributed by atoms with Crippen molar-refractivity contribution in [2.45, 2.75) is 35.8 Å². The molecule has 0 aromatic heterocycles. The number of aliphatic hydroxyl groups excluding tert-OH is 1. The largest absolute Gasteiger partial charge is 0.497 e. The van der Waals surface area contributed by atoms with Gasteiger partial charge in [0.15, 0.2) is 0 Å². The molecule has 1 aliphatic heterocycles. The second kappa shape index (κ2) is 12.8. The Kier molecular flexibility index (Phi) is 9.60. The lowest BCUT2D eigenvalue weighted by atomic mass is 10.0. The molecule has 224 valence electrons. The molecule has 0 amide bonds. The summed E-state index contributed by atoms with van der Waals surface area (Å²) in [6.07, 6.45) is -0.833. The smallest absolute Gasteiger partial charge is 0.247 e. The first-order valence-electron chi connectivity index (χ1n) is 13.2. The Bertz CT molecular complexity index is 1720. The summed E-state index contributed by atoms with van der Waals surface area (Å²) in [6.45, 7) is 2.67. The van der Waals surface area contributed by atoms with E-state index in [1.165, 1.54) is 41.7 Å². The van der Waals surface area contributed by atoms with E-state index in [0.717, 1.165) is 10.4 Å². The third kappa shape index (κ3) is 6.61. The average molecular weight is 617 g/mol.